The van der Waals surface area contributed by atoms with E-state index < -0.39 is 0 Å². The molecule has 25 heavy (non-hydrogen) atoms. The fourth-order valence-corrected chi connectivity index (χ4v) is 3.20. The first kappa shape index (κ1) is 17.3. The molecule has 0 bridgehead atoms. The smallest absolute Gasteiger partial charge is 0.261 e. The number of benzene rings is 2. The van der Waals surface area contributed by atoms with Gasteiger partial charge in [-0.25, -0.2) is 0 Å². The lowest BCUT2D eigenvalue weighted by Crippen LogP contribution is -2.35. The number of aromatic amines is 1. The molecule has 4 rings (SSSR count). The SMILES string of the molecule is CN(C)CCN1C(=O)c2cc3[nH]c4ccc(N)cc4c3cc2C1=O.Cl. The number of hydrogen-bond donors (Lipinski definition) is 2. The maximum atomic E-state index is 12.6. The predicted molar refractivity (Wildman–Crippen MR) is 101 cm³/mol. The number of halogens is 1. The molecule has 7 heteroatoms. The van der Waals surface area contributed by atoms with E-state index in [0.29, 0.717) is 29.9 Å². The molecule has 3 N–H and O–H groups in total. The summed E-state index contributed by atoms with van der Waals surface area (Å²) in [5, 5.41) is 1.87. The predicted octanol–water partition coefficient (Wildman–Crippen LogP) is 2.48. The highest BCUT2D eigenvalue weighted by Crippen LogP contribution is 2.32. The van der Waals surface area contributed by atoms with Crippen LogP contribution in [0, 0.1) is 0 Å². The molecule has 0 saturated carbocycles. The lowest BCUT2D eigenvalue weighted by atomic mass is 10.0. The van der Waals surface area contributed by atoms with Crippen molar-refractivity contribution in [3.63, 3.8) is 0 Å². The van der Waals surface area contributed by atoms with Crippen LogP contribution >= 0.6 is 12.4 Å². The Hall–Kier alpha value is -2.57. The first-order valence-corrected chi connectivity index (χ1v) is 7.81. The van der Waals surface area contributed by atoms with Crippen molar-refractivity contribution in [1.29, 1.82) is 0 Å². The fourth-order valence-electron chi connectivity index (χ4n) is 3.20. The summed E-state index contributed by atoms with van der Waals surface area (Å²) in [5.41, 5.74) is 9.25. The molecule has 130 valence electrons. The number of hydrogen-bond acceptors (Lipinski definition) is 4. The van der Waals surface area contributed by atoms with Crippen molar-refractivity contribution >= 4 is 51.7 Å². The zero-order valence-electron chi connectivity index (χ0n) is 14.0. The van der Waals surface area contributed by atoms with E-state index in [9.17, 15) is 9.59 Å². The average Bonchev–Trinajstić information content (AvgIpc) is 3.00. The molecule has 0 radical (unpaired) electrons. The summed E-state index contributed by atoms with van der Waals surface area (Å²) < 4.78 is 0. The number of anilines is 1. The Kier molecular flexibility index (Phi) is 4.18. The highest BCUT2D eigenvalue weighted by molar-refractivity contribution is 6.24. The Morgan fingerprint density at radius 1 is 1.00 bits per heavy atom. The van der Waals surface area contributed by atoms with Crippen LogP contribution in [0.1, 0.15) is 20.7 Å². The molecule has 0 unspecified atom stereocenters. The molecule has 0 fully saturated rings. The van der Waals surface area contributed by atoms with Gasteiger partial charge < -0.3 is 15.6 Å². The number of imide groups is 1. The van der Waals surface area contributed by atoms with Gasteiger partial charge in [-0.1, -0.05) is 0 Å². The van der Waals surface area contributed by atoms with Gasteiger partial charge in [0.1, 0.15) is 0 Å². The Morgan fingerprint density at radius 3 is 2.32 bits per heavy atom. The second-order valence-corrected chi connectivity index (χ2v) is 6.44. The van der Waals surface area contributed by atoms with Crippen LogP contribution in [0.3, 0.4) is 0 Å². The van der Waals surface area contributed by atoms with Crippen LogP contribution < -0.4 is 5.73 Å². The molecule has 0 atom stereocenters. The molecule has 6 nitrogen and oxygen atoms in total. The number of nitrogens with zero attached hydrogens (tertiary/aromatic N) is 2. The van der Waals surface area contributed by atoms with E-state index in [0.717, 1.165) is 21.8 Å². The van der Waals surface area contributed by atoms with E-state index in [1.54, 1.807) is 12.1 Å². The summed E-state index contributed by atoms with van der Waals surface area (Å²) in [6, 6.07) is 9.19. The number of carbonyl (C=O) groups excluding carboxylic acids is 2. The van der Waals surface area contributed by atoms with Crippen molar-refractivity contribution in [1.82, 2.24) is 14.8 Å². The maximum absolute atomic E-state index is 12.6. The van der Waals surface area contributed by atoms with Crippen LogP contribution in [0.25, 0.3) is 21.8 Å². The number of nitrogens with one attached hydrogen (secondary N) is 1. The molecule has 1 aromatic heterocycles. The number of nitrogens with two attached hydrogens (primary N) is 1. The molecule has 0 aliphatic carbocycles. The molecule has 0 saturated heterocycles. The lowest BCUT2D eigenvalue weighted by molar-refractivity contribution is 0.0645. The third-order valence-corrected chi connectivity index (χ3v) is 4.48. The Labute approximate surface area is 151 Å². The standard InChI is InChI=1S/C18H18N4O2.ClH/c1-21(2)5-6-22-17(23)13-8-12-11-7-10(19)3-4-15(11)20-16(12)9-14(13)18(22)24;/h3-4,7-9,20H,5-6,19H2,1-2H3;1H. The summed E-state index contributed by atoms with van der Waals surface area (Å²) in [5.74, 6) is -0.450. The van der Waals surface area contributed by atoms with Gasteiger partial charge in [-0.2, -0.15) is 0 Å². The van der Waals surface area contributed by atoms with E-state index in [-0.39, 0.29) is 24.2 Å². The highest BCUT2D eigenvalue weighted by atomic mass is 35.5. The molecule has 2 aromatic carbocycles. The van der Waals surface area contributed by atoms with Gasteiger partial charge in [0, 0.05) is 40.6 Å². The summed E-state index contributed by atoms with van der Waals surface area (Å²) in [4.78, 5) is 31.8. The van der Waals surface area contributed by atoms with Crippen LogP contribution in [-0.4, -0.2) is 53.8 Å². The third kappa shape index (κ3) is 2.63. The highest BCUT2D eigenvalue weighted by Gasteiger charge is 2.35. The number of nitrogen functional groups attached to an aromatic ring is 1. The molecule has 2 amide bonds. The first-order chi connectivity index (χ1) is 11.5. The monoisotopic (exact) mass is 358 g/mol. The van der Waals surface area contributed by atoms with Crippen LogP contribution in [0.5, 0.6) is 0 Å². The zero-order valence-corrected chi connectivity index (χ0v) is 14.8. The van der Waals surface area contributed by atoms with Crippen molar-refractivity contribution < 1.29 is 9.59 Å². The van der Waals surface area contributed by atoms with Gasteiger partial charge >= 0.3 is 0 Å². The van der Waals surface area contributed by atoms with Gasteiger partial charge in [-0.3, -0.25) is 14.5 Å². The number of rotatable bonds is 3. The van der Waals surface area contributed by atoms with Gasteiger partial charge in [0.25, 0.3) is 11.8 Å². The normalized spacial score (nSPS) is 13.8. The number of likely N-dealkylation sites (N-methyl/N-ethyl adjacent to an activating group) is 1. The van der Waals surface area contributed by atoms with E-state index in [1.165, 1.54) is 4.90 Å². The molecule has 2 heterocycles. The number of fused-ring (bicyclic) bond motifs is 4. The van der Waals surface area contributed by atoms with Gasteiger partial charge in [-0.15, -0.1) is 12.4 Å². The molecular formula is C18H19ClN4O2. The van der Waals surface area contributed by atoms with Crippen LogP contribution in [0.2, 0.25) is 0 Å². The lowest BCUT2D eigenvalue weighted by Gasteiger charge is -2.16. The minimum absolute atomic E-state index is 0. The Morgan fingerprint density at radius 2 is 1.64 bits per heavy atom. The minimum atomic E-state index is -0.225. The van der Waals surface area contributed by atoms with Crippen molar-refractivity contribution in [2.45, 2.75) is 0 Å². The van der Waals surface area contributed by atoms with Crippen LogP contribution in [-0.2, 0) is 0 Å². The summed E-state index contributed by atoms with van der Waals surface area (Å²) in [6.07, 6.45) is 0. The van der Waals surface area contributed by atoms with Crippen molar-refractivity contribution in [2.75, 3.05) is 32.9 Å². The van der Waals surface area contributed by atoms with Crippen molar-refractivity contribution in [3.8, 4) is 0 Å². The number of aromatic nitrogens is 1. The quantitative estimate of drug-likeness (QED) is 0.556. The van der Waals surface area contributed by atoms with Gasteiger partial charge in [0.2, 0.25) is 0 Å². The van der Waals surface area contributed by atoms with E-state index >= 15 is 0 Å². The molecule has 3 aromatic rings. The number of H-pyrrole nitrogens is 1. The van der Waals surface area contributed by atoms with Crippen molar-refractivity contribution in [3.05, 3.63) is 41.5 Å². The minimum Gasteiger partial charge on any atom is -0.399 e. The molecule has 1 aliphatic rings. The molecule has 1 aliphatic heterocycles. The summed E-state index contributed by atoms with van der Waals surface area (Å²) in [7, 11) is 3.83. The topological polar surface area (TPSA) is 82.4 Å². The fraction of sp³-hybridized carbons (Fsp3) is 0.222. The molecular weight excluding hydrogens is 340 g/mol. The van der Waals surface area contributed by atoms with Crippen LogP contribution in [0.4, 0.5) is 5.69 Å². The zero-order chi connectivity index (χ0) is 17.0. The largest absolute Gasteiger partial charge is 0.399 e. The Balaban J connectivity index is 0.00000182. The summed E-state index contributed by atoms with van der Waals surface area (Å²) >= 11 is 0. The third-order valence-electron chi connectivity index (χ3n) is 4.48. The Bertz CT molecular complexity index is 1010. The summed E-state index contributed by atoms with van der Waals surface area (Å²) in [6.45, 7) is 1.03. The van der Waals surface area contributed by atoms with E-state index in [2.05, 4.69) is 4.98 Å². The number of carbonyl (C=O) groups is 2. The average molecular weight is 359 g/mol. The van der Waals surface area contributed by atoms with Crippen molar-refractivity contribution in [2.24, 2.45) is 0 Å². The maximum Gasteiger partial charge on any atom is 0.261 e. The van der Waals surface area contributed by atoms with E-state index in [4.69, 9.17) is 5.73 Å². The van der Waals surface area contributed by atoms with Gasteiger partial charge in [-0.05, 0) is 44.4 Å². The first-order valence-electron chi connectivity index (χ1n) is 7.81. The second kappa shape index (κ2) is 6.06. The number of amides is 2. The van der Waals surface area contributed by atoms with Gasteiger partial charge in [0.15, 0.2) is 0 Å². The van der Waals surface area contributed by atoms with E-state index in [1.807, 2.05) is 37.2 Å². The van der Waals surface area contributed by atoms with Gasteiger partial charge in [0.05, 0.1) is 11.1 Å². The second-order valence-electron chi connectivity index (χ2n) is 6.44. The van der Waals surface area contributed by atoms with Crippen LogP contribution in [0.15, 0.2) is 30.3 Å². The molecule has 0 spiro atoms.